The Kier molecular flexibility index (Phi) is 1.96. The van der Waals surface area contributed by atoms with E-state index in [0.717, 1.165) is 23.3 Å². The topological polar surface area (TPSA) is 9.23 Å². The monoisotopic (exact) mass is 214 g/mol. The van der Waals surface area contributed by atoms with Crippen LogP contribution in [-0.4, -0.2) is 7.11 Å². The number of fused-ring (bicyclic) bond motifs is 3. The van der Waals surface area contributed by atoms with Crippen molar-refractivity contribution in [1.82, 2.24) is 0 Å². The number of hydrogen-bond acceptors (Lipinski definition) is 1. The lowest BCUT2D eigenvalue weighted by atomic mass is 10.1. The van der Waals surface area contributed by atoms with E-state index in [1.807, 2.05) is 24.3 Å². The summed E-state index contributed by atoms with van der Waals surface area (Å²) in [7, 11) is 1.66. The molecule has 16 heavy (non-hydrogen) atoms. The highest BCUT2D eigenvalue weighted by molar-refractivity contribution is 5.77. The molecule has 0 saturated heterocycles. The SMILES string of the molecule is COc1ccc2c(c1)Cc1cc(F)ccc1-2. The molecule has 0 aromatic heterocycles. The Morgan fingerprint density at radius 3 is 2.44 bits per heavy atom. The molecule has 1 nitrogen and oxygen atoms in total. The molecular weight excluding hydrogens is 203 g/mol. The first-order valence-electron chi connectivity index (χ1n) is 5.23. The van der Waals surface area contributed by atoms with Gasteiger partial charge in [0.1, 0.15) is 11.6 Å². The third-order valence-electron chi connectivity index (χ3n) is 3.05. The predicted molar refractivity (Wildman–Crippen MR) is 61.2 cm³/mol. The van der Waals surface area contributed by atoms with Crippen LogP contribution in [0.15, 0.2) is 36.4 Å². The van der Waals surface area contributed by atoms with Crippen molar-refractivity contribution >= 4 is 0 Å². The second kappa shape index (κ2) is 3.34. The molecule has 1 aliphatic carbocycles. The number of ether oxygens (including phenoxy) is 1. The van der Waals surface area contributed by atoms with Gasteiger partial charge >= 0.3 is 0 Å². The summed E-state index contributed by atoms with van der Waals surface area (Å²) in [5, 5.41) is 0. The van der Waals surface area contributed by atoms with Gasteiger partial charge < -0.3 is 4.74 Å². The third-order valence-corrected chi connectivity index (χ3v) is 3.05. The lowest BCUT2D eigenvalue weighted by Crippen LogP contribution is -1.85. The van der Waals surface area contributed by atoms with Crippen LogP contribution in [-0.2, 0) is 6.42 Å². The van der Waals surface area contributed by atoms with Crippen molar-refractivity contribution in [1.29, 1.82) is 0 Å². The first kappa shape index (κ1) is 9.40. The van der Waals surface area contributed by atoms with Crippen molar-refractivity contribution in [2.45, 2.75) is 6.42 Å². The Hall–Kier alpha value is -1.83. The molecule has 0 unspecified atom stereocenters. The summed E-state index contributed by atoms with van der Waals surface area (Å²) in [6, 6.07) is 11.0. The Morgan fingerprint density at radius 1 is 1.00 bits per heavy atom. The Balaban J connectivity index is 2.16. The highest BCUT2D eigenvalue weighted by atomic mass is 19.1. The minimum absolute atomic E-state index is 0.168. The molecule has 2 aromatic rings. The zero-order valence-corrected chi connectivity index (χ0v) is 8.96. The zero-order chi connectivity index (χ0) is 11.1. The summed E-state index contributed by atoms with van der Waals surface area (Å²) < 4.78 is 18.3. The van der Waals surface area contributed by atoms with E-state index < -0.39 is 0 Å². The fraction of sp³-hybridized carbons (Fsp3) is 0.143. The largest absolute Gasteiger partial charge is 0.497 e. The highest BCUT2D eigenvalue weighted by Crippen LogP contribution is 2.38. The second-order valence-corrected chi connectivity index (χ2v) is 4.00. The molecule has 0 atom stereocenters. The van der Waals surface area contributed by atoms with Gasteiger partial charge in [-0.25, -0.2) is 4.39 Å². The minimum atomic E-state index is -0.168. The van der Waals surface area contributed by atoms with E-state index in [4.69, 9.17) is 4.74 Å². The zero-order valence-electron chi connectivity index (χ0n) is 8.96. The molecule has 0 saturated carbocycles. The van der Waals surface area contributed by atoms with Crippen LogP contribution in [0.1, 0.15) is 11.1 Å². The van der Waals surface area contributed by atoms with E-state index in [0.29, 0.717) is 0 Å². The number of methoxy groups -OCH3 is 1. The number of benzene rings is 2. The van der Waals surface area contributed by atoms with E-state index >= 15 is 0 Å². The Morgan fingerprint density at radius 2 is 1.69 bits per heavy atom. The van der Waals surface area contributed by atoms with Crippen LogP contribution in [0.4, 0.5) is 4.39 Å². The van der Waals surface area contributed by atoms with Crippen LogP contribution in [0.5, 0.6) is 5.75 Å². The van der Waals surface area contributed by atoms with Crippen molar-refractivity contribution in [3.05, 3.63) is 53.3 Å². The molecule has 0 aliphatic heterocycles. The van der Waals surface area contributed by atoms with Crippen LogP contribution in [0.2, 0.25) is 0 Å². The van der Waals surface area contributed by atoms with Crippen LogP contribution in [0.25, 0.3) is 11.1 Å². The quantitative estimate of drug-likeness (QED) is 0.603. The van der Waals surface area contributed by atoms with Crippen molar-refractivity contribution in [2.75, 3.05) is 7.11 Å². The van der Waals surface area contributed by atoms with Gasteiger partial charge in [0, 0.05) is 0 Å². The van der Waals surface area contributed by atoms with E-state index in [9.17, 15) is 4.39 Å². The van der Waals surface area contributed by atoms with Crippen LogP contribution in [0.3, 0.4) is 0 Å². The van der Waals surface area contributed by atoms with Gasteiger partial charge in [0.05, 0.1) is 7.11 Å². The number of rotatable bonds is 1. The van der Waals surface area contributed by atoms with E-state index in [2.05, 4.69) is 0 Å². The van der Waals surface area contributed by atoms with E-state index in [1.165, 1.54) is 17.2 Å². The van der Waals surface area contributed by atoms with Gasteiger partial charge in [0.25, 0.3) is 0 Å². The average Bonchev–Trinajstić information content (AvgIpc) is 2.64. The molecule has 0 bridgehead atoms. The molecule has 1 aliphatic rings. The van der Waals surface area contributed by atoms with Crippen molar-refractivity contribution in [3.8, 4) is 16.9 Å². The standard InChI is InChI=1S/C14H11FO/c1-16-12-3-5-14-10(8-12)6-9-7-11(15)2-4-13(9)14/h2-5,7-8H,6H2,1H3. The minimum Gasteiger partial charge on any atom is -0.497 e. The van der Waals surface area contributed by atoms with Crippen LogP contribution < -0.4 is 4.74 Å². The molecule has 2 aromatic carbocycles. The summed E-state index contributed by atoms with van der Waals surface area (Å²) in [4.78, 5) is 0. The lowest BCUT2D eigenvalue weighted by molar-refractivity contribution is 0.414. The Labute approximate surface area is 93.5 Å². The molecule has 0 N–H and O–H groups in total. The molecule has 0 radical (unpaired) electrons. The summed E-state index contributed by atoms with van der Waals surface area (Å²) in [5.41, 5.74) is 4.60. The molecule has 0 spiro atoms. The molecule has 3 rings (SSSR count). The van der Waals surface area contributed by atoms with Gasteiger partial charge in [-0.15, -0.1) is 0 Å². The first-order chi connectivity index (χ1) is 7.78. The molecule has 0 amide bonds. The van der Waals surface area contributed by atoms with Gasteiger partial charge in [0.2, 0.25) is 0 Å². The van der Waals surface area contributed by atoms with Gasteiger partial charge in [0.15, 0.2) is 0 Å². The first-order valence-corrected chi connectivity index (χ1v) is 5.23. The van der Waals surface area contributed by atoms with Crippen molar-refractivity contribution in [2.24, 2.45) is 0 Å². The highest BCUT2D eigenvalue weighted by Gasteiger charge is 2.18. The number of halogens is 1. The fourth-order valence-corrected chi connectivity index (χ4v) is 2.28. The van der Waals surface area contributed by atoms with Gasteiger partial charge in [-0.3, -0.25) is 0 Å². The fourth-order valence-electron chi connectivity index (χ4n) is 2.28. The van der Waals surface area contributed by atoms with Crippen molar-refractivity contribution < 1.29 is 9.13 Å². The predicted octanol–water partition coefficient (Wildman–Crippen LogP) is 3.41. The molecule has 0 heterocycles. The average molecular weight is 214 g/mol. The summed E-state index contributed by atoms with van der Waals surface area (Å²) in [6.07, 6.45) is 0.791. The lowest BCUT2D eigenvalue weighted by Gasteiger charge is -2.03. The summed E-state index contributed by atoms with van der Waals surface area (Å²) in [5.74, 6) is 0.686. The Bertz CT molecular complexity index is 561. The molecule has 0 fully saturated rings. The summed E-state index contributed by atoms with van der Waals surface area (Å²) in [6.45, 7) is 0. The number of hydrogen-bond donors (Lipinski definition) is 0. The van der Waals surface area contributed by atoms with Crippen LogP contribution >= 0.6 is 0 Å². The van der Waals surface area contributed by atoms with Crippen molar-refractivity contribution in [3.63, 3.8) is 0 Å². The third kappa shape index (κ3) is 1.30. The van der Waals surface area contributed by atoms with E-state index in [-0.39, 0.29) is 5.82 Å². The smallest absolute Gasteiger partial charge is 0.123 e. The van der Waals surface area contributed by atoms with Gasteiger partial charge in [-0.1, -0.05) is 12.1 Å². The maximum atomic E-state index is 13.1. The molecular formula is C14H11FO. The normalized spacial score (nSPS) is 12.1. The van der Waals surface area contributed by atoms with Gasteiger partial charge in [-0.2, -0.15) is 0 Å². The van der Waals surface area contributed by atoms with Gasteiger partial charge in [-0.05, 0) is 52.9 Å². The molecule has 2 heteroatoms. The maximum Gasteiger partial charge on any atom is 0.123 e. The summed E-state index contributed by atoms with van der Waals surface area (Å²) >= 11 is 0. The second-order valence-electron chi connectivity index (χ2n) is 4.00. The van der Waals surface area contributed by atoms with Crippen LogP contribution in [0, 0.1) is 5.82 Å². The maximum absolute atomic E-state index is 13.1. The molecule has 80 valence electrons. The van der Waals surface area contributed by atoms with E-state index in [1.54, 1.807) is 13.2 Å².